The molecule has 2 aromatic carbocycles. The van der Waals surface area contributed by atoms with E-state index in [-0.39, 0.29) is 17.4 Å². The third-order valence-electron chi connectivity index (χ3n) is 6.73. The lowest BCUT2D eigenvalue weighted by molar-refractivity contribution is 0.260. The van der Waals surface area contributed by atoms with Crippen LogP contribution in [0.5, 0.6) is 5.75 Å². The second kappa shape index (κ2) is 11.0. The van der Waals surface area contributed by atoms with Crippen molar-refractivity contribution in [3.8, 4) is 5.75 Å². The Hall–Kier alpha value is -2.90. The van der Waals surface area contributed by atoms with Gasteiger partial charge in [0.2, 0.25) is 0 Å². The second-order valence-electron chi connectivity index (χ2n) is 8.92. The summed E-state index contributed by atoms with van der Waals surface area (Å²) in [6.07, 6.45) is 8.95. The molecule has 4 rings (SSSR count). The first-order valence-corrected chi connectivity index (χ1v) is 11.7. The fourth-order valence-electron chi connectivity index (χ4n) is 4.75. The van der Waals surface area contributed by atoms with Crippen LogP contribution in [-0.4, -0.2) is 30.7 Å². The number of hydrogen-bond donors (Lipinski definition) is 2. The van der Waals surface area contributed by atoms with Crippen LogP contribution in [0.25, 0.3) is 17.0 Å². The summed E-state index contributed by atoms with van der Waals surface area (Å²) in [5, 5.41) is 4.20. The summed E-state index contributed by atoms with van der Waals surface area (Å²) in [5.74, 6) is -0.266. The van der Waals surface area contributed by atoms with E-state index in [4.69, 9.17) is 10.5 Å². The molecule has 4 nitrogen and oxygen atoms in total. The highest BCUT2D eigenvalue weighted by molar-refractivity contribution is 5.83. The van der Waals surface area contributed by atoms with E-state index in [1.165, 1.54) is 12.3 Å². The summed E-state index contributed by atoms with van der Waals surface area (Å²) in [6, 6.07) is 9.07. The van der Waals surface area contributed by atoms with E-state index in [2.05, 4.69) is 10.3 Å². The normalized spacial score (nSPS) is 19.6. The monoisotopic (exact) mass is 469 g/mol. The maximum Gasteiger partial charge on any atom is 0.145 e. The third kappa shape index (κ3) is 5.77. The molecular formula is C27H30F3N3O. The maximum atomic E-state index is 14.7. The number of nitrogens with one attached hydrogen (secondary N) is 1. The van der Waals surface area contributed by atoms with Crippen LogP contribution < -0.4 is 15.8 Å². The van der Waals surface area contributed by atoms with Crippen molar-refractivity contribution in [2.45, 2.75) is 44.2 Å². The predicted molar refractivity (Wildman–Crippen MR) is 129 cm³/mol. The van der Waals surface area contributed by atoms with Crippen molar-refractivity contribution in [3.05, 3.63) is 77.2 Å². The summed E-state index contributed by atoms with van der Waals surface area (Å²) in [7, 11) is 1.58. The molecule has 1 heterocycles. The molecule has 0 spiro atoms. The number of aromatic nitrogens is 1. The molecule has 3 aromatic rings. The van der Waals surface area contributed by atoms with Crippen LogP contribution in [-0.2, 0) is 6.42 Å². The van der Waals surface area contributed by atoms with Gasteiger partial charge in [-0.3, -0.25) is 4.98 Å². The van der Waals surface area contributed by atoms with Crippen LogP contribution >= 0.6 is 0 Å². The van der Waals surface area contributed by atoms with E-state index in [1.807, 2.05) is 18.2 Å². The van der Waals surface area contributed by atoms with Crippen molar-refractivity contribution in [2.75, 3.05) is 13.7 Å². The number of pyridine rings is 1. The molecule has 0 radical (unpaired) electrons. The van der Waals surface area contributed by atoms with Crippen molar-refractivity contribution in [1.29, 1.82) is 0 Å². The Balaban J connectivity index is 1.30. The fourth-order valence-corrected chi connectivity index (χ4v) is 4.75. The van der Waals surface area contributed by atoms with Gasteiger partial charge in [-0.1, -0.05) is 12.2 Å². The second-order valence-corrected chi connectivity index (χ2v) is 8.92. The van der Waals surface area contributed by atoms with Crippen LogP contribution in [0.2, 0.25) is 0 Å². The van der Waals surface area contributed by atoms with Crippen molar-refractivity contribution < 1.29 is 17.9 Å². The van der Waals surface area contributed by atoms with Gasteiger partial charge < -0.3 is 15.8 Å². The molecule has 1 unspecified atom stereocenters. The maximum absolute atomic E-state index is 14.7. The first-order valence-electron chi connectivity index (χ1n) is 11.7. The first kappa shape index (κ1) is 24.2. The van der Waals surface area contributed by atoms with Crippen molar-refractivity contribution in [3.63, 3.8) is 0 Å². The Morgan fingerprint density at radius 2 is 1.88 bits per heavy atom. The van der Waals surface area contributed by atoms with Gasteiger partial charge >= 0.3 is 0 Å². The van der Waals surface area contributed by atoms with Gasteiger partial charge in [0.1, 0.15) is 23.2 Å². The van der Waals surface area contributed by atoms with E-state index in [9.17, 15) is 13.2 Å². The zero-order chi connectivity index (χ0) is 24.1. The first-order chi connectivity index (χ1) is 16.4. The Kier molecular flexibility index (Phi) is 7.85. The Morgan fingerprint density at radius 1 is 1.09 bits per heavy atom. The summed E-state index contributed by atoms with van der Waals surface area (Å²) < 4.78 is 46.9. The minimum atomic E-state index is -0.456. The number of nitrogens with two attached hydrogens (primary N) is 1. The summed E-state index contributed by atoms with van der Waals surface area (Å²) >= 11 is 0. The van der Waals surface area contributed by atoms with E-state index < -0.39 is 11.6 Å². The fraction of sp³-hybridized carbons (Fsp3) is 0.370. The predicted octanol–water partition coefficient (Wildman–Crippen LogP) is 5.39. The lowest BCUT2D eigenvalue weighted by atomic mass is 9.79. The van der Waals surface area contributed by atoms with Gasteiger partial charge in [0.15, 0.2) is 0 Å². The Morgan fingerprint density at radius 3 is 2.65 bits per heavy atom. The highest BCUT2D eigenvalue weighted by atomic mass is 19.1. The summed E-state index contributed by atoms with van der Waals surface area (Å²) in [6.45, 7) is 0.577. The van der Waals surface area contributed by atoms with E-state index in [1.54, 1.807) is 19.3 Å². The van der Waals surface area contributed by atoms with Gasteiger partial charge in [-0.25, -0.2) is 13.2 Å². The van der Waals surface area contributed by atoms with Gasteiger partial charge in [0, 0.05) is 35.1 Å². The number of methoxy groups -OCH3 is 1. The lowest BCUT2D eigenvalue weighted by Crippen LogP contribution is -2.40. The molecular weight excluding hydrogens is 439 g/mol. The average molecular weight is 470 g/mol. The number of benzene rings is 2. The number of hydrogen-bond acceptors (Lipinski definition) is 4. The molecule has 0 aliphatic heterocycles. The summed E-state index contributed by atoms with van der Waals surface area (Å²) in [5.41, 5.74) is 8.11. The van der Waals surface area contributed by atoms with E-state index in [0.717, 1.165) is 48.7 Å². The van der Waals surface area contributed by atoms with Gasteiger partial charge in [0.05, 0.1) is 18.8 Å². The zero-order valence-corrected chi connectivity index (χ0v) is 19.2. The van der Waals surface area contributed by atoms with E-state index >= 15 is 0 Å². The van der Waals surface area contributed by atoms with Gasteiger partial charge in [0.25, 0.3) is 0 Å². The van der Waals surface area contributed by atoms with Crippen molar-refractivity contribution in [2.24, 2.45) is 11.7 Å². The third-order valence-corrected chi connectivity index (χ3v) is 6.73. The Bertz CT molecular complexity index is 1160. The molecule has 180 valence electrons. The molecule has 0 saturated heterocycles. The zero-order valence-electron chi connectivity index (χ0n) is 19.2. The van der Waals surface area contributed by atoms with Crippen molar-refractivity contribution >= 4 is 17.0 Å². The molecule has 0 amide bonds. The van der Waals surface area contributed by atoms with Gasteiger partial charge in [-0.15, -0.1) is 0 Å². The van der Waals surface area contributed by atoms with Crippen LogP contribution in [0, 0.1) is 23.4 Å². The molecule has 1 fully saturated rings. The summed E-state index contributed by atoms with van der Waals surface area (Å²) in [4.78, 5) is 4.19. The van der Waals surface area contributed by atoms with Crippen LogP contribution in [0.3, 0.4) is 0 Å². The number of halogens is 3. The molecule has 7 heteroatoms. The van der Waals surface area contributed by atoms with Gasteiger partial charge in [-0.05, 0) is 74.4 Å². The Labute approximate surface area is 198 Å². The minimum absolute atomic E-state index is 0.150. The molecule has 1 saturated carbocycles. The number of ether oxygens (including phenoxy) is 1. The van der Waals surface area contributed by atoms with Crippen LogP contribution in [0.15, 0.2) is 48.7 Å². The number of fused-ring (bicyclic) bond motifs is 1. The van der Waals surface area contributed by atoms with Gasteiger partial charge in [-0.2, -0.15) is 0 Å². The van der Waals surface area contributed by atoms with Crippen LogP contribution in [0.1, 0.15) is 36.8 Å². The molecule has 1 aliphatic carbocycles. The standard InChI is InChI=1S/C27H30F3N3O/c1-34-21-9-11-27-23(14-21)22(25(30)16-33-27)15-26(31)17-4-7-20(8-5-17)32-12-2-3-18-13-19(28)6-10-24(18)29/h2-3,6,9-11,13-14,16-17,20,26,32H,4-5,7-8,12,15,31H2,1H3/b3-2+/t17-,20-,26?. The lowest BCUT2D eigenvalue weighted by Gasteiger charge is -2.32. The molecule has 1 atom stereocenters. The minimum Gasteiger partial charge on any atom is -0.497 e. The van der Waals surface area contributed by atoms with Crippen molar-refractivity contribution in [1.82, 2.24) is 10.3 Å². The molecule has 0 bridgehead atoms. The largest absolute Gasteiger partial charge is 0.497 e. The molecule has 3 N–H and O–H groups in total. The molecule has 1 aliphatic rings. The molecule has 34 heavy (non-hydrogen) atoms. The highest BCUT2D eigenvalue weighted by Crippen LogP contribution is 2.30. The highest BCUT2D eigenvalue weighted by Gasteiger charge is 2.26. The molecule has 1 aromatic heterocycles. The SMILES string of the molecule is COc1ccc2ncc(F)c(CC(N)[C@H]3CC[C@H](NC/C=C/c4cc(F)ccc4F)CC3)c2c1. The smallest absolute Gasteiger partial charge is 0.145 e. The topological polar surface area (TPSA) is 60.2 Å². The van der Waals surface area contributed by atoms with Crippen LogP contribution in [0.4, 0.5) is 13.2 Å². The quantitative estimate of drug-likeness (QED) is 0.464. The number of rotatable bonds is 8. The number of nitrogens with zero attached hydrogens (tertiary/aromatic N) is 1. The average Bonchev–Trinajstić information content (AvgIpc) is 2.85. The van der Waals surface area contributed by atoms with E-state index in [0.29, 0.717) is 36.2 Å².